The number of likely N-dealkylation sites (tertiary alicyclic amines) is 1. The molecule has 126 valence electrons. The fourth-order valence-electron chi connectivity index (χ4n) is 3.81. The third-order valence-corrected chi connectivity index (χ3v) is 5.31. The molecule has 2 amide bonds. The summed E-state index contributed by atoms with van der Waals surface area (Å²) in [6.45, 7) is 6.06. The fraction of sp³-hybridized carbons (Fsp3) is 0.882. The van der Waals surface area contributed by atoms with Gasteiger partial charge in [0.1, 0.15) is 0 Å². The van der Waals surface area contributed by atoms with Crippen molar-refractivity contribution in [1.82, 2.24) is 10.2 Å². The van der Waals surface area contributed by atoms with Gasteiger partial charge in [-0.3, -0.25) is 9.59 Å². The molecule has 0 aliphatic carbocycles. The summed E-state index contributed by atoms with van der Waals surface area (Å²) in [5.74, 6) is 1.58. The van der Waals surface area contributed by atoms with Gasteiger partial charge >= 0.3 is 0 Å². The second kappa shape index (κ2) is 8.51. The van der Waals surface area contributed by atoms with E-state index < -0.39 is 0 Å². The van der Waals surface area contributed by atoms with Crippen LogP contribution in [0, 0.1) is 17.8 Å². The predicted molar refractivity (Wildman–Crippen MR) is 87.1 cm³/mol. The van der Waals surface area contributed by atoms with Crippen LogP contribution in [0.4, 0.5) is 0 Å². The van der Waals surface area contributed by atoms with E-state index in [0.717, 1.165) is 45.4 Å². The number of nitrogens with one attached hydrogen (secondary N) is 1. The number of primary amides is 1. The molecule has 5 nitrogen and oxygen atoms in total. The van der Waals surface area contributed by atoms with Gasteiger partial charge in [0.25, 0.3) is 0 Å². The van der Waals surface area contributed by atoms with Gasteiger partial charge in [0.2, 0.25) is 11.8 Å². The predicted octanol–water partition coefficient (Wildman–Crippen LogP) is 1.52. The van der Waals surface area contributed by atoms with E-state index in [1.165, 1.54) is 12.8 Å². The number of carbonyl (C=O) groups excluding carboxylic acids is 2. The molecule has 2 saturated heterocycles. The van der Waals surface area contributed by atoms with Crippen LogP contribution < -0.4 is 11.1 Å². The second-order valence-electron chi connectivity index (χ2n) is 7.14. The highest BCUT2D eigenvalue weighted by atomic mass is 16.2. The van der Waals surface area contributed by atoms with Crippen LogP contribution in [-0.4, -0.2) is 42.9 Å². The Morgan fingerprint density at radius 1 is 1.32 bits per heavy atom. The molecule has 2 aliphatic heterocycles. The summed E-state index contributed by atoms with van der Waals surface area (Å²) in [6.07, 6.45) is 6.55. The number of nitrogens with two attached hydrogens (primary N) is 1. The molecule has 2 fully saturated rings. The average molecular weight is 309 g/mol. The maximum Gasteiger partial charge on any atom is 0.222 e. The van der Waals surface area contributed by atoms with Gasteiger partial charge in [0.05, 0.1) is 0 Å². The Kier molecular flexibility index (Phi) is 6.68. The molecular formula is C17H31N3O2. The highest BCUT2D eigenvalue weighted by Gasteiger charge is 2.27. The van der Waals surface area contributed by atoms with Gasteiger partial charge in [-0.2, -0.15) is 0 Å². The first-order valence-corrected chi connectivity index (χ1v) is 8.83. The van der Waals surface area contributed by atoms with Crippen molar-refractivity contribution in [3.05, 3.63) is 0 Å². The Balaban J connectivity index is 1.77. The lowest BCUT2D eigenvalue weighted by molar-refractivity contribution is -0.134. The van der Waals surface area contributed by atoms with E-state index in [1.54, 1.807) is 0 Å². The van der Waals surface area contributed by atoms with Gasteiger partial charge in [-0.25, -0.2) is 0 Å². The van der Waals surface area contributed by atoms with Gasteiger partial charge in [-0.1, -0.05) is 6.92 Å². The number of hydrogen-bond acceptors (Lipinski definition) is 3. The Morgan fingerprint density at radius 2 is 2.14 bits per heavy atom. The quantitative estimate of drug-likeness (QED) is 0.781. The zero-order valence-corrected chi connectivity index (χ0v) is 13.9. The summed E-state index contributed by atoms with van der Waals surface area (Å²) >= 11 is 0. The average Bonchev–Trinajstić information content (AvgIpc) is 2.54. The molecule has 22 heavy (non-hydrogen) atoms. The topological polar surface area (TPSA) is 75.4 Å². The molecule has 0 radical (unpaired) electrons. The molecule has 0 spiro atoms. The summed E-state index contributed by atoms with van der Waals surface area (Å²) in [5.41, 5.74) is 5.23. The number of hydrogen-bond donors (Lipinski definition) is 2. The first-order chi connectivity index (χ1) is 10.6. The van der Waals surface area contributed by atoms with Gasteiger partial charge in [-0.05, 0) is 62.9 Å². The number of piperidine rings is 2. The highest BCUT2D eigenvalue weighted by Crippen LogP contribution is 2.26. The molecular weight excluding hydrogens is 278 g/mol. The van der Waals surface area contributed by atoms with Crippen molar-refractivity contribution in [2.75, 3.05) is 26.2 Å². The molecule has 2 rings (SSSR count). The van der Waals surface area contributed by atoms with Crippen LogP contribution in [0.25, 0.3) is 0 Å². The van der Waals surface area contributed by atoms with Gasteiger partial charge in [-0.15, -0.1) is 0 Å². The standard InChI is InChI=1S/C17H31N3O2/c1-13(15-5-2-8-19-11-15)10-17(22)20-9-3-4-14(12-20)6-7-16(18)21/h13-15,19H,2-12H2,1H3,(H2,18,21). The molecule has 3 atom stereocenters. The van der Waals surface area contributed by atoms with E-state index in [9.17, 15) is 9.59 Å². The number of nitrogens with zero attached hydrogens (tertiary/aromatic N) is 1. The molecule has 0 bridgehead atoms. The largest absolute Gasteiger partial charge is 0.370 e. The molecule has 3 N–H and O–H groups in total. The number of amides is 2. The van der Waals surface area contributed by atoms with E-state index in [0.29, 0.717) is 36.5 Å². The maximum absolute atomic E-state index is 12.5. The van der Waals surface area contributed by atoms with Crippen molar-refractivity contribution < 1.29 is 9.59 Å². The van der Waals surface area contributed by atoms with Gasteiger partial charge in [0.15, 0.2) is 0 Å². The van der Waals surface area contributed by atoms with E-state index in [1.807, 2.05) is 4.90 Å². The normalized spacial score (nSPS) is 27.4. The monoisotopic (exact) mass is 309 g/mol. The summed E-state index contributed by atoms with van der Waals surface area (Å²) in [4.78, 5) is 25.5. The van der Waals surface area contributed by atoms with Crippen LogP contribution in [0.2, 0.25) is 0 Å². The van der Waals surface area contributed by atoms with Crippen LogP contribution in [0.15, 0.2) is 0 Å². The Morgan fingerprint density at radius 3 is 2.82 bits per heavy atom. The molecule has 2 heterocycles. The van der Waals surface area contributed by atoms with Crippen molar-refractivity contribution in [2.24, 2.45) is 23.5 Å². The van der Waals surface area contributed by atoms with Gasteiger partial charge in [0, 0.05) is 25.9 Å². The minimum Gasteiger partial charge on any atom is -0.370 e. The second-order valence-corrected chi connectivity index (χ2v) is 7.14. The number of carbonyl (C=O) groups is 2. The summed E-state index contributed by atoms with van der Waals surface area (Å²) in [5, 5.41) is 3.43. The lowest BCUT2D eigenvalue weighted by Gasteiger charge is -2.35. The van der Waals surface area contributed by atoms with Crippen molar-refractivity contribution in [1.29, 1.82) is 0 Å². The molecule has 3 unspecified atom stereocenters. The molecule has 0 saturated carbocycles. The third-order valence-electron chi connectivity index (χ3n) is 5.31. The number of rotatable bonds is 6. The SMILES string of the molecule is CC(CC(=O)N1CCCC(CCC(N)=O)C1)C1CCCNC1. The molecule has 0 aromatic rings. The van der Waals surface area contributed by atoms with E-state index >= 15 is 0 Å². The first kappa shape index (κ1) is 17.3. The smallest absolute Gasteiger partial charge is 0.222 e. The minimum atomic E-state index is -0.234. The van der Waals surface area contributed by atoms with Crippen molar-refractivity contribution in [3.8, 4) is 0 Å². The highest BCUT2D eigenvalue weighted by molar-refractivity contribution is 5.76. The van der Waals surface area contributed by atoms with Crippen LogP contribution in [0.1, 0.15) is 51.9 Å². The Labute approximate surface area is 134 Å². The van der Waals surface area contributed by atoms with Crippen LogP contribution in [0.3, 0.4) is 0 Å². The van der Waals surface area contributed by atoms with Crippen LogP contribution >= 0.6 is 0 Å². The summed E-state index contributed by atoms with van der Waals surface area (Å²) in [6, 6.07) is 0. The van der Waals surface area contributed by atoms with E-state index in [2.05, 4.69) is 12.2 Å². The zero-order valence-electron chi connectivity index (χ0n) is 13.9. The van der Waals surface area contributed by atoms with Crippen LogP contribution in [-0.2, 0) is 9.59 Å². The van der Waals surface area contributed by atoms with Crippen LogP contribution in [0.5, 0.6) is 0 Å². The molecule has 5 heteroatoms. The van der Waals surface area contributed by atoms with E-state index in [-0.39, 0.29) is 5.91 Å². The Bertz CT molecular complexity index is 380. The van der Waals surface area contributed by atoms with Crippen molar-refractivity contribution in [2.45, 2.75) is 51.9 Å². The molecule has 0 aromatic heterocycles. The first-order valence-electron chi connectivity index (χ1n) is 8.83. The Hall–Kier alpha value is -1.10. The van der Waals surface area contributed by atoms with Crippen molar-refractivity contribution in [3.63, 3.8) is 0 Å². The maximum atomic E-state index is 12.5. The zero-order chi connectivity index (χ0) is 15.9. The lowest BCUT2D eigenvalue weighted by Crippen LogP contribution is -2.42. The third kappa shape index (κ3) is 5.27. The summed E-state index contributed by atoms with van der Waals surface area (Å²) in [7, 11) is 0. The fourth-order valence-corrected chi connectivity index (χ4v) is 3.81. The molecule has 0 aromatic carbocycles. The summed E-state index contributed by atoms with van der Waals surface area (Å²) < 4.78 is 0. The minimum absolute atomic E-state index is 0.234. The molecule has 2 aliphatic rings. The lowest BCUT2D eigenvalue weighted by atomic mass is 9.84. The van der Waals surface area contributed by atoms with Crippen molar-refractivity contribution >= 4 is 11.8 Å². The van der Waals surface area contributed by atoms with E-state index in [4.69, 9.17) is 5.73 Å². The van der Waals surface area contributed by atoms with Gasteiger partial charge < -0.3 is 16.0 Å².